The van der Waals surface area contributed by atoms with Gasteiger partial charge in [0, 0.05) is 24.2 Å². The Kier molecular flexibility index (Phi) is 7.57. The van der Waals surface area contributed by atoms with Gasteiger partial charge >= 0.3 is 0 Å². The van der Waals surface area contributed by atoms with E-state index >= 15 is 0 Å². The zero-order valence-electron chi connectivity index (χ0n) is 13.5. The number of hydrogen-bond acceptors (Lipinski definition) is 2. The number of aryl methyl sites for hydroxylation is 1. The van der Waals surface area contributed by atoms with Gasteiger partial charge in [-0.2, -0.15) is 0 Å². The van der Waals surface area contributed by atoms with Crippen LogP contribution in [0, 0.1) is 12.8 Å². The largest absolute Gasteiger partial charge is 0.311 e. The van der Waals surface area contributed by atoms with Crippen molar-refractivity contribution in [2.45, 2.75) is 46.2 Å². The zero-order chi connectivity index (χ0) is 15.1. The normalized spacial score (nSPS) is 13.2. The van der Waals surface area contributed by atoms with E-state index in [4.69, 9.17) is 11.6 Å². The number of halogens is 1. The molecule has 1 aromatic rings. The van der Waals surface area contributed by atoms with Crippen molar-refractivity contribution in [3.8, 4) is 0 Å². The monoisotopic (exact) mass is 296 g/mol. The lowest BCUT2D eigenvalue weighted by molar-refractivity contribution is 0.194. The molecule has 1 aromatic carbocycles. The van der Waals surface area contributed by atoms with E-state index < -0.39 is 0 Å². The quantitative estimate of drug-likeness (QED) is 0.777. The second kappa shape index (κ2) is 8.66. The van der Waals surface area contributed by atoms with E-state index in [1.807, 2.05) is 6.92 Å². The Morgan fingerprint density at radius 3 is 2.35 bits per heavy atom. The smallest absolute Gasteiger partial charge is 0.0438 e. The van der Waals surface area contributed by atoms with Crippen molar-refractivity contribution >= 4 is 11.6 Å². The zero-order valence-corrected chi connectivity index (χ0v) is 14.3. The average molecular weight is 297 g/mol. The summed E-state index contributed by atoms with van der Waals surface area (Å²) in [6.07, 6.45) is 2.47. The first-order valence-corrected chi connectivity index (χ1v) is 7.99. The van der Waals surface area contributed by atoms with Gasteiger partial charge in [-0.3, -0.25) is 0 Å². The molecule has 0 bridgehead atoms. The van der Waals surface area contributed by atoms with Crippen LogP contribution in [0.15, 0.2) is 18.2 Å². The maximum Gasteiger partial charge on any atom is 0.0438 e. The first-order valence-electron chi connectivity index (χ1n) is 7.61. The molecule has 0 aliphatic rings. The summed E-state index contributed by atoms with van der Waals surface area (Å²) >= 11 is 6.17. The van der Waals surface area contributed by atoms with Crippen LogP contribution in [0.2, 0.25) is 5.02 Å². The van der Waals surface area contributed by atoms with Crippen molar-refractivity contribution < 1.29 is 0 Å². The van der Waals surface area contributed by atoms with Crippen molar-refractivity contribution in [3.63, 3.8) is 0 Å². The van der Waals surface area contributed by atoms with Gasteiger partial charge in [-0.15, -0.1) is 0 Å². The van der Waals surface area contributed by atoms with E-state index in [1.54, 1.807) is 0 Å². The molecule has 0 saturated heterocycles. The van der Waals surface area contributed by atoms with Gasteiger partial charge in [0.1, 0.15) is 0 Å². The van der Waals surface area contributed by atoms with Gasteiger partial charge < -0.3 is 10.2 Å². The Bertz CT molecular complexity index is 400. The summed E-state index contributed by atoms with van der Waals surface area (Å²) in [6, 6.07) is 6.89. The average Bonchev–Trinajstić information content (AvgIpc) is 2.42. The molecule has 1 unspecified atom stereocenters. The number of nitrogens with zero attached hydrogens (tertiary/aromatic N) is 1. The number of likely N-dealkylation sites (N-methyl/N-ethyl adjacent to an activating group) is 1. The molecular weight excluding hydrogens is 268 g/mol. The molecule has 0 saturated carbocycles. The van der Waals surface area contributed by atoms with Crippen LogP contribution in [0.3, 0.4) is 0 Å². The van der Waals surface area contributed by atoms with Crippen LogP contribution in [0.5, 0.6) is 0 Å². The van der Waals surface area contributed by atoms with Gasteiger partial charge in [-0.05, 0) is 44.1 Å². The lowest BCUT2D eigenvalue weighted by Gasteiger charge is -2.31. The molecule has 1 atom stereocenters. The first kappa shape index (κ1) is 17.5. The minimum absolute atomic E-state index is 0.589. The molecule has 0 amide bonds. The van der Waals surface area contributed by atoms with E-state index in [-0.39, 0.29) is 0 Å². The number of benzene rings is 1. The molecule has 20 heavy (non-hydrogen) atoms. The topological polar surface area (TPSA) is 15.3 Å². The molecule has 114 valence electrons. The fourth-order valence-corrected chi connectivity index (χ4v) is 2.92. The van der Waals surface area contributed by atoms with Crippen LogP contribution < -0.4 is 5.32 Å². The second-order valence-corrected chi connectivity index (χ2v) is 6.23. The summed E-state index contributed by atoms with van der Waals surface area (Å²) in [7, 11) is 4.35. The molecule has 1 N–H and O–H groups in total. The second-order valence-electron chi connectivity index (χ2n) is 5.82. The molecule has 1 rings (SSSR count). The number of rotatable bonds is 8. The highest BCUT2D eigenvalue weighted by molar-refractivity contribution is 6.31. The molecule has 0 spiro atoms. The van der Waals surface area contributed by atoms with E-state index in [1.165, 1.54) is 18.4 Å². The predicted octanol–water partition coefficient (Wildman–Crippen LogP) is 4.10. The minimum Gasteiger partial charge on any atom is -0.311 e. The third kappa shape index (κ3) is 5.08. The number of hydrogen-bond donors (Lipinski definition) is 1. The third-order valence-corrected chi connectivity index (χ3v) is 4.58. The molecule has 0 aliphatic heterocycles. The molecule has 3 heteroatoms. The summed E-state index contributed by atoms with van der Waals surface area (Å²) in [5.74, 6) is 0.749. The van der Waals surface area contributed by atoms with Gasteiger partial charge in [0.15, 0.2) is 0 Å². The van der Waals surface area contributed by atoms with Crippen molar-refractivity contribution in [2.75, 3.05) is 20.6 Å². The third-order valence-electron chi connectivity index (χ3n) is 4.18. The summed E-state index contributed by atoms with van der Waals surface area (Å²) in [4.78, 5) is 2.34. The Morgan fingerprint density at radius 1 is 1.20 bits per heavy atom. The van der Waals surface area contributed by atoms with Crippen molar-refractivity contribution in [2.24, 2.45) is 5.92 Å². The molecule has 0 heterocycles. The summed E-state index contributed by atoms with van der Waals surface area (Å²) < 4.78 is 0. The maximum atomic E-state index is 6.17. The Labute approximate surface area is 129 Å². The van der Waals surface area contributed by atoms with E-state index in [0.29, 0.717) is 6.04 Å². The van der Waals surface area contributed by atoms with Gasteiger partial charge in [-0.25, -0.2) is 0 Å². The van der Waals surface area contributed by atoms with Crippen molar-refractivity contribution in [1.29, 1.82) is 0 Å². The maximum absolute atomic E-state index is 6.17. The molecular formula is C17H29ClN2. The summed E-state index contributed by atoms with van der Waals surface area (Å²) in [5, 5.41) is 4.43. The highest BCUT2D eigenvalue weighted by Gasteiger charge is 2.19. The summed E-state index contributed by atoms with van der Waals surface area (Å²) in [5.41, 5.74) is 2.39. The lowest BCUT2D eigenvalue weighted by Crippen LogP contribution is -2.42. The fourth-order valence-electron chi connectivity index (χ4n) is 2.71. The van der Waals surface area contributed by atoms with Gasteiger partial charge in [-0.1, -0.05) is 50.4 Å². The minimum atomic E-state index is 0.589. The van der Waals surface area contributed by atoms with Gasteiger partial charge in [0.25, 0.3) is 0 Å². The Morgan fingerprint density at radius 2 is 1.85 bits per heavy atom. The van der Waals surface area contributed by atoms with Crippen LogP contribution in [0.25, 0.3) is 0 Å². The highest BCUT2D eigenvalue weighted by Crippen LogP contribution is 2.18. The molecule has 0 fully saturated rings. The van der Waals surface area contributed by atoms with Crippen molar-refractivity contribution in [1.82, 2.24) is 10.2 Å². The Balaban J connectivity index is 2.53. The van der Waals surface area contributed by atoms with Crippen LogP contribution in [-0.2, 0) is 6.54 Å². The van der Waals surface area contributed by atoms with Crippen LogP contribution in [0.4, 0.5) is 0 Å². The predicted molar refractivity (Wildman–Crippen MR) is 89.4 cm³/mol. The van der Waals surface area contributed by atoms with E-state index in [9.17, 15) is 0 Å². The lowest BCUT2D eigenvalue weighted by atomic mass is 9.93. The molecule has 0 aromatic heterocycles. The van der Waals surface area contributed by atoms with E-state index in [2.05, 4.69) is 56.4 Å². The van der Waals surface area contributed by atoms with Crippen molar-refractivity contribution in [3.05, 3.63) is 34.3 Å². The van der Waals surface area contributed by atoms with Crippen LogP contribution in [0.1, 0.15) is 37.8 Å². The summed E-state index contributed by atoms with van der Waals surface area (Å²) in [6.45, 7) is 8.50. The Hall–Kier alpha value is -0.570. The SMILES string of the molecule is CCC(CC)C(CNCc1ccc(C)c(Cl)c1)N(C)C. The van der Waals surface area contributed by atoms with Crippen LogP contribution in [-0.4, -0.2) is 31.6 Å². The molecule has 0 aliphatic carbocycles. The van der Waals surface area contributed by atoms with Crippen LogP contribution >= 0.6 is 11.6 Å². The molecule has 0 radical (unpaired) electrons. The molecule has 2 nitrogen and oxygen atoms in total. The first-order chi connectivity index (χ1) is 9.49. The highest BCUT2D eigenvalue weighted by atomic mass is 35.5. The standard InChI is InChI=1S/C17H29ClN2/c1-6-15(7-2)17(20(4)5)12-19-11-14-9-8-13(3)16(18)10-14/h8-10,15,17,19H,6-7,11-12H2,1-5H3. The van der Waals surface area contributed by atoms with Gasteiger partial charge in [0.05, 0.1) is 0 Å². The van der Waals surface area contributed by atoms with E-state index in [0.717, 1.165) is 29.6 Å². The fraction of sp³-hybridized carbons (Fsp3) is 0.647. The van der Waals surface area contributed by atoms with Gasteiger partial charge in [0.2, 0.25) is 0 Å². The number of nitrogens with one attached hydrogen (secondary N) is 1.